The maximum absolute atomic E-state index is 13.2. The minimum atomic E-state index is -4.49. The van der Waals surface area contributed by atoms with Gasteiger partial charge in [-0.3, -0.25) is 14.3 Å². The smallest absolute Gasteiger partial charge is 0.343 e. The number of nitrogens with one attached hydrogen (secondary N) is 2. The molecule has 0 bridgehead atoms. The van der Waals surface area contributed by atoms with E-state index in [2.05, 4.69) is 15.4 Å². The van der Waals surface area contributed by atoms with Gasteiger partial charge in [-0.1, -0.05) is 6.07 Å². The molecule has 33 heavy (non-hydrogen) atoms. The van der Waals surface area contributed by atoms with Gasteiger partial charge in [0, 0.05) is 18.3 Å². The number of benzene rings is 1. The predicted molar refractivity (Wildman–Crippen MR) is 119 cm³/mol. The molecular formula is C22H18F3N5O2S. The molecule has 0 atom stereocenters. The Bertz CT molecular complexity index is 1330. The lowest BCUT2D eigenvalue weighted by Crippen LogP contribution is -2.33. The largest absolute Gasteiger partial charge is 0.405 e. The number of carbonyl (C=O) groups is 2. The molecule has 4 rings (SSSR count). The second-order valence-electron chi connectivity index (χ2n) is 7.27. The fourth-order valence-corrected chi connectivity index (χ4v) is 4.05. The van der Waals surface area contributed by atoms with Crippen LogP contribution in [0, 0.1) is 6.92 Å². The maximum Gasteiger partial charge on any atom is 0.405 e. The molecule has 0 unspecified atom stereocenters. The standard InChI is InChI=1S/C22H18F3N5O2S/c1-12-18-15(10-16(17-4-3-9-33-17)28-19(18)30(2)29-12)21(32)27-14-7-5-13(6-8-14)20(31)26-11-22(23,24)25/h3-10H,11H2,1-2H3,(H,26,31)(H,27,32). The number of thiophene rings is 1. The number of anilines is 1. The number of amides is 2. The van der Waals surface area contributed by atoms with Crippen molar-refractivity contribution >= 4 is 39.9 Å². The van der Waals surface area contributed by atoms with Gasteiger partial charge in [-0.25, -0.2) is 4.98 Å². The van der Waals surface area contributed by atoms with Gasteiger partial charge in [-0.05, 0) is 48.7 Å². The van der Waals surface area contributed by atoms with Gasteiger partial charge in [0.15, 0.2) is 5.65 Å². The highest BCUT2D eigenvalue weighted by Crippen LogP contribution is 2.29. The number of halogens is 3. The Kier molecular flexibility index (Phi) is 5.90. The van der Waals surface area contributed by atoms with Crippen LogP contribution in [-0.4, -0.2) is 39.3 Å². The van der Waals surface area contributed by atoms with Crippen molar-refractivity contribution in [1.29, 1.82) is 0 Å². The number of carbonyl (C=O) groups excluding carboxylic acids is 2. The number of alkyl halides is 3. The van der Waals surface area contributed by atoms with Crippen molar-refractivity contribution in [2.75, 3.05) is 11.9 Å². The van der Waals surface area contributed by atoms with Crippen LogP contribution in [-0.2, 0) is 7.05 Å². The topological polar surface area (TPSA) is 88.9 Å². The Morgan fingerprint density at radius 1 is 1.12 bits per heavy atom. The zero-order valence-electron chi connectivity index (χ0n) is 17.5. The van der Waals surface area contributed by atoms with Gasteiger partial charge in [0.05, 0.1) is 27.2 Å². The summed E-state index contributed by atoms with van der Waals surface area (Å²) in [6.45, 7) is 0.374. The highest BCUT2D eigenvalue weighted by Gasteiger charge is 2.28. The molecule has 4 aromatic rings. The predicted octanol–water partition coefficient (Wildman–Crippen LogP) is 4.55. The summed E-state index contributed by atoms with van der Waals surface area (Å²) in [5.74, 6) is -1.25. The minimum absolute atomic E-state index is 0.0478. The zero-order valence-corrected chi connectivity index (χ0v) is 18.3. The Morgan fingerprint density at radius 2 is 1.85 bits per heavy atom. The second-order valence-corrected chi connectivity index (χ2v) is 8.22. The molecule has 0 saturated heterocycles. The number of aromatic nitrogens is 3. The molecule has 1 aromatic carbocycles. The van der Waals surface area contributed by atoms with E-state index < -0.39 is 24.5 Å². The van der Waals surface area contributed by atoms with E-state index in [9.17, 15) is 22.8 Å². The molecular weight excluding hydrogens is 455 g/mol. The molecule has 0 saturated carbocycles. The van der Waals surface area contributed by atoms with Crippen LogP contribution in [0.2, 0.25) is 0 Å². The van der Waals surface area contributed by atoms with Gasteiger partial charge in [0.2, 0.25) is 0 Å². The first-order valence-corrected chi connectivity index (χ1v) is 10.6. The minimum Gasteiger partial charge on any atom is -0.343 e. The van der Waals surface area contributed by atoms with E-state index in [1.807, 2.05) is 17.5 Å². The third-order valence-corrected chi connectivity index (χ3v) is 5.73. The SMILES string of the molecule is Cc1nn(C)c2nc(-c3cccs3)cc(C(=O)Nc3ccc(C(=O)NCC(F)(F)F)cc3)c12. The van der Waals surface area contributed by atoms with Gasteiger partial charge in [-0.15, -0.1) is 11.3 Å². The third kappa shape index (κ3) is 4.87. The summed E-state index contributed by atoms with van der Waals surface area (Å²) in [6, 6.07) is 11.1. The first-order valence-electron chi connectivity index (χ1n) is 9.77. The van der Waals surface area contributed by atoms with Crippen LogP contribution < -0.4 is 10.6 Å². The number of aryl methyl sites for hydroxylation is 2. The molecule has 11 heteroatoms. The van der Waals surface area contributed by atoms with Crippen LogP contribution in [0.25, 0.3) is 21.6 Å². The lowest BCUT2D eigenvalue weighted by atomic mass is 10.1. The highest BCUT2D eigenvalue weighted by molar-refractivity contribution is 7.13. The molecule has 2 N–H and O–H groups in total. The summed E-state index contributed by atoms with van der Waals surface area (Å²) < 4.78 is 38.5. The van der Waals surface area contributed by atoms with E-state index in [1.54, 1.807) is 30.0 Å². The van der Waals surface area contributed by atoms with Crippen LogP contribution in [0.4, 0.5) is 18.9 Å². The second kappa shape index (κ2) is 8.66. The number of nitrogens with zero attached hydrogens (tertiary/aromatic N) is 3. The summed E-state index contributed by atoms with van der Waals surface area (Å²) in [5, 5.41) is 11.5. The Hall–Kier alpha value is -3.73. The number of rotatable bonds is 5. The summed E-state index contributed by atoms with van der Waals surface area (Å²) in [7, 11) is 1.75. The van der Waals surface area contributed by atoms with E-state index in [0.717, 1.165) is 4.88 Å². The van der Waals surface area contributed by atoms with Gasteiger partial charge in [0.1, 0.15) is 6.54 Å². The molecule has 3 heterocycles. The molecule has 0 spiro atoms. The first kappa shape index (κ1) is 22.5. The van der Waals surface area contributed by atoms with Gasteiger partial charge in [0.25, 0.3) is 11.8 Å². The summed E-state index contributed by atoms with van der Waals surface area (Å²) in [6.07, 6.45) is -4.49. The average Bonchev–Trinajstić information content (AvgIpc) is 3.40. The van der Waals surface area contributed by atoms with Gasteiger partial charge in [-0.2, -0.15) is 18.3 Å². The fourth-order valence-electron chi connectivity index (χ4n) is 3.36. The van der Waals surface area contributed by atoms with E-state index in [4.69, 9.17) is 0 Å². The van der Waals surface area contributed by atoms with Crippen molar-refractivity contribution in [3.8, 4) is 10.6 Å². The van der Waals surface area contributed by atoms with Crippen LogP contribution in [0.5, 0.6) is 0 Å². The molecule has 3 aromatic heterocycles. The lowest BCUT2D eigenvalue weighted by molar-refractivity contribution is -0.123. The third-order valence-electron chi connectivity index (χ3n) is 4.84. The average molecular weight is 473 g/mol. The summed E-state index contributed by atoms with van der Waals surface area (Å²) in [4.78, 5) is 30.6. The lowest BCUT2D eigenvalue weighted by Gasteiger charge is -2.10. The Labute approximate surface area is 190 Å². The zero-order chi connectivity index (χ0) is 23.8. The van der Waals surface area contributed by atoms with Crippen LogP contribution >= 0.6 is 11.3 Å². The molecule has 170 valence electrons. The van der Waals surface area contributed by atoms with Crippen molar-refractivity contribution in [3.63, 3.8) is 0 Å². The summed E-state index contributed by atoms with van der Waals surface area (Å²) in [5.41, 5.74) is 2.69. The number of hydrogen-bond acceptors (Lipinski definition) is 5. The van der Waals surface area contributed by atoms with E-state index in [0.29, 0.717) is 33.7 Å². The van der Waals surface area contributed by atoms with Crippen LogP contribution in [0.15, 0.2) is 47.8 Å². The molecule has 0 aliphatic carbocycles. The summed E-state index contributed by atoms with van der Waals surface area (Å²) >= 11 is 1.50. The van der Waals surface area contributed by atoms with Crippen molar-refractivity contribution in [2.24, 2.45) is 7.05 Å². The van der Waals surface area contributed by atoms with Crippen molar-refractivity contribution in [1.82, 2.24) is 20.1 Å². The molecule has 2 amide bonds. The van der Waals surface area contributed by atoms with Crippen LogP contribution in [0.1, 0.15) is 26.4 Å². The molecule has 0 fully saturated rings. The normalized spacial score (nSPS) is 11.5. The van der Waals surface area contributed by atoms with E-state index in [1.165, 1.54) is 35.6 Å². The van der Waals surface area contributed by atoms with Gasteiger partial charge >= 0.3 is 6.18 Å². The number of hydrogen-bond donors (Lipinski definition) is 2. The Morgan fingerprint density at radius 3 is 2.48 bits per heavy atom. The van der Waals surface area contributed by atoms with Crippen molar-refractivity contribution < 1.29 is 22.8 Å². The first-order chi connectivity index (χ1) is 15.6. The molecule has 0 radical (unpaired) electrons. The fraction of sp³-hybridized carbons (Fsp3) is 0.182. The molecule has 7 nitrogen and oxygen atoms in total. The van der Waals surface area contributed by atoms with E-state index >= 15 is 0 Å². The van der Waals surface area contributed by atoms with Crippen molar-refractivity contribution in [2.45, 2.75) is 13.1 Å². The quantitative estimate of drug-likeness (QED) is 0.445. The van der Waals surface area contributed by atoms with Crippen LogP contribution in [0.3, 0.4) is 0 Å². The van der Waals surface area contributed by atoms with Gasteiger partial charge < -0.3 is 10.6 Å². The van der Waals surface area contributed by atoms with E-state index in [-0.39, 0.29) is 5.56 Å². The number of pyridine rings is 1. The molecule has 0 aliphatic heterocycles. The number of fused-ring (bicyclic) bond motifs is 1. The van der Waals surface area contributed by atoms with Crippen molar-refractivity contribution in [3.05, 3.63) is 64.7 Å². The monoisotopic (exact) mass is 473 g/mol. The Balaban J connectivity index is 1.60. The maximum atomic E-state index is 13.2. The molecule has 0 aliphatic rings. The highest BCUT2D eigenvalue weighted by atomic mass is 32.1.